The van der Waals surface area contributed by atoms with Gasteiger partial charge in [-0.1, -0.05) is 0 Å². The van der Waals surface area contributed by atoms with E-state index < -0.39 is 0 Å². The zero-order chi connectivity index (χ0) is 10.2. The predicted molar refractivity (Wildman–Crippen MR) is 54.6 cm³/mol. The summed E-state index contributed by atoms with van der Waals surface area (Å²) in [4.78, 5) is 14.3. The summed E-state index contributed by atoms with van der Waals surface area (Å²) in [7, 11) is 0. The summed E-state index contributed by atoms with van der Waals surface area (Å²) in [5.41, 5.74) is 6.24. The van der Waals surface area contributed by atoms with Crippen molar-refractivity contribution in [3.63, 3.8) is 0 Å². The van der Waals surface area contributed by atoms with Crippen LogP contribution in [0.3, 0.4) is 0 Å². The maximum atomic E-state index is 10.4. The summed E-state index contributed by atoms with van der Waals surface area (Å²) in [6.45, 7) is 1.51. The quantitative estimate of drug-likeness (QED) is 0.629. The van der Waals surface area contributed by atoms with Crippen molar-refractivity contribution in [3.8, 4) is 0 Å². The van der Waals surface area contributed by atoms with Crippen molar-refractivity contribution in [1.29, 1.82) is 0 Å². The fourth-order valence-corrected chi connectivity index (χ4v) is 1.12. The smallest absolute Gasteiger partial charge is 0.218 e. The highest BCUT2D eigenvalue weighted by molar-refractivity contribution is 5.73. The van der Waals surface area contributed by atoms with E-state index in [0.717, 1.165) is 13.0 Å². The number of aromatic nitrogens is 1. The van der Waals surface area contributed by atoms with Crippen LogP contribution in [0.15, 0.2) is 24.5 Å². The zero-order valence-corrected chi connectivity index (χ0v) is 8.07. The molecule has 0 spiro atoms. The van der Waals surface area contributed by atoms with E-state index in [1.165, 1.54) is 5.56 Å². The van der Waals surface area contributed by atoms with Crippen LogP contribution >= 0.6 is 0 Å². The fourth-order valence-electron chi connectivity index (χ4n) is 1.12. The molecular formula is C10H15N3O. The highest BCUT2D eigenvalue weighted by Gasteiger charge is 1.94. The van der Waals surface area contributed by atoms with E-state index in [4.69, 9.17) is 5.73 Å². The first kappa shape index (κ1) is 10.7. The van der Waals surface area contributed by atoms with Gasteiger partial charge in [0.05, 0.1) is 0 Å². The second-order valence-electron chi connectivity index (χ2n) is 3.07. The summed E-state index contributed by atoms with van der Waals surface area (Å²) in [6, 6.07) is 3.96. The Hall–Kier alpha value is -1.42. The molecule has 0 radical (unpaired) electrons. The standard InChI is InChI=1S/C10H15N3O/c11-10(14)4-8-13-7-3-9-1-5-12-6-2-9/h1-2,5-6,13H,3-4,7-8H2,(H2,11,14). The van der Waals surface area contributed by atoms with Gasteiger partial charge in [-0.2, -0.15) is 0 Å². The number of amides is 1. The molecule has 0 aliphatic rings. The van der Waals surface area contributed by atoms with E-state index in [9.17, 15) is 4.79 Å². The molecule has 0 saturated carbocycles. The second kappa shape index (κ2) is 6.10. The molecule has 4 heteroatoms. The first-order chi connectivity index (χ1) is 6.79. The van der Waals surface area contributed by atoms with Crippen molar-refractivity contribution in [1.82, 2.24) is 10.3 Å². The molecule has 0 bridgehead atoms. The van der Waals surface area contributed by atoms with Gasteiger partial charge in [0.2, 0.25) is 5.91 Å². The molecule has 0 atom stereocenters. The molecule has 1 rings (SSSR count). The minimum atomic E-state index is -0.263. The number of nitrogens with one attached hydrogen (secondary N) is 1. The van der Waals surface area contributed by atoms with Crippen molar-refractivity contribution >= 4 is 5.91 Å². The van der Waals surface area contributed by atoms with Crippen LogP contribution in [-0.2, 0) is 11.2 Å². The van der Waals surface area contributed by atoms with Gasteiger partial charge >= 0.3 is 0 Å². The molecule has 14 heavy (non-hydrogen) atoms. The first-order valence-electron chi connectivity index (χ1n) is 4.67. The van der Waals surface area contributed by atoms with Gasteiger partial charge in [-0.25, -0.2) is 0 Å². The molecule has 0 unspecified atom stereocenters. The monoisotopic (exact) mass is 193 g/mol. The van der Waals surface area contributed by atoms with Crippen LogP contribution in [0.2, 0.25) is 0 Å². The van der Waals surface area contributed by atoms with E-state index in [0.29, 0.717) is 13.0 Å². The lowest BCUT2D eigenvalue weighted by atomic mass is 10.2. The van der Waals surface area contributed by atoms with Gasteiger partial charge < -0.3 is 11.1 Å². The SMILES string of the molecule is NC(=O)CCNCCc1ccncc1. The van der Waals surface area contributed by atoms with E-state index in [1.807, 2.05) is 12.1 Å². The Morgan fingerprint density at radius 3 is 2.71 bits per heavy atom. The molecular weight excluding hydrogens is 178 g/mol. The molecule has 1 aromatic heterocycles. The lowest BCUT2D eigenvalue weighted by Gasteiger charge is -2.02. The summed E-state index contributed by atoms with van der Waals surface area (Å²) in [6.07, 6.45) is 4.90. The largest absolute Gasteiger partial charge is 0.370 e. The lowest BCUT2D eigenvalue weighted by Crippen LogP contribution is -2.23. The molecule has 0 aliphatic carbocycles. The maximum Gasteiger partial charge on any atom is 0.218 e. The van der Waals surface area contributed by atoms with Gasteiger partial charge in [-0.15, -0.1) is 0 Å². The molecule has 4 nitrogen and oxygen atoms in total. The number of carbonyl (C=O) groups is 1. The number of hydrogen-bond donors (Lipinski definition) is 2. The molecule has 0 aliphatic heterocycles. The highest BCUT2D eigenvalue weighted by atomic mass is 16.1. The Labute approximate surface area is 83.5 Å². The Kier molecular flexibility index (Phi) is 4.64. The van der Waals surface area contributed by atoms with Crippen LogP contribution in [0.5, 0.6) is 0 Å². The molecule has 1 heterocycles. The van der Waals surface area contributed by atoms with Crippen LogP contribution in [0, 0.1) is 0 Å². The maximum absolute atomic E-state index is 10.4. The number of nitrogens with zero attached hydrogens (tertiary/aromatic N) is 1. The summed E-state index contributed by atoms with van der Waals surface area (Å²) in [5, 5.41) is 3.14. The fraction of sp³-hybridized carbons (Fsp3) is 0.400. The van der Waals surface area contributed by atoms with Gasteiger partial charge in [0, 0.05) is 25.4 Å². The minimum absolute atomic E-state index is 0.263. The van der Waals surface area contributed by atoms with Crippen molar-refractivity contribution in [3.05, 3.63) is 30.1 Å². The van der Waals surface area contributed by atoms with Gasteiger partial charge in [0.1, 0.15) is 0 Å². The molecule has 1 amide bonds. The molecule has 76 valence electrons. The zero-order valence-electron chi connectivity index (χ0n) is 8.07. The van der Waals surface area contributed by atoms with Gasteiger partial charge in [0.15, 0.2) is 0 Å². The predicted octanol–water partition coefficient (Wildman–Crippen LogP) is 0.0891. The van der Waals surface area contributed by atoms with Crippen molar-refractivity contribution in [2.45, 2.75) is 12.8 Å². The van der Waals surface area contributed by atoms with E-state index in [-0.39, 0.29) is 5.91 Å². The van der Waals surface area contributed by atoms with Crippen LogP contribution in [0.1, 0.15) is 12.0 Å². The average molecular weight is 193 g/mol. The van der Waals surface area contributed by atoms with Crippen LogP contribution in [0.4, 0.5) is 0 Å². The second-order valence-corrected chi connectivity index (χ2v) is 3.07. The lowest BCUT2D eigenvalue weighted by molar-refractivity contribution is -0.117. The van der Waals surface area contributed by atoms with Crippen molar-refractivity contribution in [2.75, 3.05) is 13.1 Å². The van der Waals surface area contributed by atoms with E-state index in [2.05, 4.69) is 10.3 Å². The number of rotatable bonds is 6. The first-order valence-corrected chi connectivity index (χ1v) is 4.67. The number of primary amides is 1. The topological polar surface area (TPSA) is 68.0 Å². The molecule has 1 aromatic rings. The van der Waals surface area contributed by atoms with Gasteiger partial charge in [0.25, 0.3) is 0 Å². The third kappa shape index (κ3) is 4.57. The molecule has 0 aromatic carbocycles. The van der Waals surface area contributed by atoms with Crippen molar-refractivity contribution < 1.29 is 4.79 Å². The Balaban J connectivity index is 2.08. The summed E-state index contributed by atoms with van der Waals surface area (Å²) < 4.78 is 0. The number of pyridine rings is 1. The molecule has 3 N–H and O–H groups in total. The third-order valence-electron chi connectivity index (χ3n) is 1.89. The van der Waals surface area contributed by atoms with Crippen LogP contribution in [0.25, 0.3) is 0 Å². The summed E-state index contributed by atoms with van der Waals surface area (Å²) >= 11 is 0. The highest BCUT2D eigenvalue weighted by Crippen LogP contribution is 1.95. The number of nitrogens with two attached hydrogens (primary N) is 1. The van der Waals surface area contributed by atoms with E-state index >= 15 is 0 Å². The summed E-state index contributed by atoms with van der Waals surface area (Å²) in [5.74, 6) is -0.263. The van der Waals surface area contributed by atoms with Gasteiger partial charge in [-0.05, 0) is 30.7 Å². The number of carbonyl (C=O) groups excluding carboxylic acids is 1. The van der Waals surface area contributed by atoms with E-state index in [1.54, 1.807) is 12.4 Å². The van der Waals surface area contributed by atoms with Crippen LogP contribution < -0.4 is 11.1 Å². The van der Waals surface area contributed by atoms with Crippen molar-refractivity contribution in [2.24, 2.45) is 5.73 Å². The minimum Gasteiger partial charge on any atom is -0.370 e. The average Bonchev–Trinajstić information content (AvgIpc) is 2.18. The normalized spacial score (nSPS) is 10.0. The molecule has 0 saturated heterocycles. The number of hydrogen-bond acceptors (Lipinski definition) is 3. The Morgan fingerprint density at radius 1 is 1.36 bits per heavy atom. The van der Waals surface area contributed by atoms with Gasteiger partial charge in [-0.3, -0.25) is 9.78 Å². The Morgan fingerprint density at radius 2 is 2.07 bits per heavy atom. The van der Waals surface area contributed by atoms with Crippen LogP contribution in [-0.4, -0.2) is 24.0 Å². The molecule has 0 fully saturated rings. The third-order valence-corrected chi connectivity index (χ3v) is 1.89. The Bertz CT molecular complexity index is 274.